The van der Waals surface area contributed by atoms with Gasteiger partial charge in [-0.25, -0.2) is 0 Å². The van der Waals surface area contributed by atoms with Gasteiger partial charge in [-0.05, 0) is 36.9 Å². The highest BCUT2D eigenvalue weighted by Gasteiger charge is 2.08. The van der Waals surface area contributed by atoms with Crippen LogP contribution in [0.5, 0.6) is 0 Å². The number of carboxylic acid groups (broad SMARTS) is 1. The maximum atomic E-state index is 10.6. The van der Waals surface area contributed by atoms with Crippen LogP contribution in [0.4, 0.5) is 0 Å². The Balaban J connectivity index is 2.40. The lowest BCUT2D eigenvalue weighted by Gasteiger charge is -2.10. The summed E-state index contributed by atoms with van der Waals surface area (Å²) in [5, 5.41) is 11.7. The van der Waals surface area contributed by atoms with Gasteiger partial charge >= 0.3 is 5.97 Å². The number of nitrogens with one attached hydrogen (secondary N) is 1. The number of hydrogen-bond donors (Lipinski definition) is 2. The summed E-state index contributed by atoms with van der Waals surface area (Å²) in [7, 11) is 0. The molecule has 3 nitrogen and oxygen atoms in total. The lowest BCUT2D eigenvalue weighted by Crippen LogP contribution is -2.34. The van der Waals surface area contributed by atoms with Crippen LogP contribution >= 0.6 is 0 Å². The fraction of sp³-hybridized carbons (Fsp3) is 0.500. The zero-order chi connectivity index (χ0) is 12.8. The molecule has 0 aliphatic carbocycles. The van der Waals surface area contributed by atoms with Crippen LogP contribution in [0.3, 0.4) is 0 Å². The Morgan fingerprint density at radius 3 is 2.29 bits per heavy atom. The average Bonchev–Trinajstić information content (AvgIpc) is 2.29. The molecule has 0 amide bonds. The first kappa shape index (κ1) is 13.7. The Morgan fingerprint density at radius 1 is 1.24 bits per heavy atom. The molecule has 1 aromatic rings. The highest BCUT2D eigenvalue weighted by Crippen LogP contribution is 2.14. The van der Waals surface area contributed by atoms with Crippen molar-refractivity contribution < 1.29 is 9.90 Å². The number of hydrogen-bond acceptors (Lipinski definition) is 2. The third-order valence-electron chi connectivity index (χ3n) is 2.88. The van der Waals surface area contributed by atoms with Gasteiger partial charge in [0.2, 0.25) is 0 Å². The zero-order valence-corrected chi connectivity index (χ0v) is 10.7. The van der Waals surface area contributed by atoms with Crippen molar-refractivity contribution in [2.75, 3.05) is 6.54 Å². The van der Waals surface area contributed by atoms with Gasteiger partial charge in [-0.15, -0.1) is 0 Å². The topological polar surface area (TPSA) is 49.3 Å². The van der Waals surface area contributed by atoms with Crippen LogP contribution in [0.25, 0.3) is 0 Å². The molecule has 0 saturated carbocycles. The molecule has 0 heterocycles. The molecule has 0 aliphatic heterocycles. The predicted molar refractivity (Wildman–Crippen MR) is 69.3 cm³/mol. The fourth-order valence-electron chi connectivity index (χ4n) is 1.59. The molecule has 0 radical (unpaired) electrons. The first-order valence-corrected chi connectivity index (χ1v) is 6.05. The largest absolute Gasteiger partial charge is 0.480 e. The lowest BCUT2D eigenvalue weighted by atomic mass is 10.0. The Kier molecular flexibility index (Phi) is 5.16. The summed E-state index contributed by atoms with van der Waals surface area (Å²) in [6.45, 7) is 6.69. The van der Waals surface area contributed by atoms with E-state index in [-0.39, 0.29) is 0 Å². The highest BCUT2D eigenvalue weighted by atomic mass is 16.4. The van der Waals surface area contributed by atoms with Crippen LogP contribution in [0, 0.1) is 0 Å². The second kappa shape index (κ2) is 6.40. The minimum absolute atomic E-state index is 0.482. The van der Waals surface area contributed by atoms with E-state index in [4.69, 9.17) is 5.11 Å². The Hall–Kier alpha value is -1.35. The van der Waals surface area contributed by atoms with E-state index >= 15 is 0 Å². The second-order valence-electron chi connectivity index (χ2n) is 4.66. The van der Waals surface area contributed by atoms with Gasteiger partial charge < -0.3 is 10.4 Å². The van der Waals surface area contributed by atoms with E-state index in [0.717, 1.165) is 6.42 Å². The van der Waals surface area contributed by atoms with Crippen molar-refractivity contribution in [3.63, 3.8) is 0 Å². The highest BCUT2D eigenvalue weighted by molar-refractivity contribution is 5.72. The van der Waals surface area contributed by atoms with E-state index in [0.29, 0.717) is 12.5 Å². The molecule has 1 rings (SSSR count). The molecular formula is C14H21NO2. The minimum Gasteiger partial charge on any atom is -0.480 e. The molecule has 0 fully saturated rings. The van der Waals surface area contributed by atoms with Crippen molar-refractivity contribution in [3.05, 3.63) is 35.4 Å². The molecule has 1 atom stereocenters. The van der Waals surface area contributed by atoms with Crippen LogP contribution in [-0.4, -0.2) is 23.7 Å². The normalized spacial score (nSPS) is 12.7. The molecule has 17 heavy (non-hydrogen) atoms. The van der Waals surface area contributed by atoms with Crippen LogP contribution in [0.1, 0.15) is 37.8 Å². The predicted octanol–water partition coefficient (Wildman–Crippen LogP) is 2.42. The van der Waals surface area contributed by atoms with E-state index < -0.39 is 12.0 Å². The van der Waals surface area contributed by atoms with Gasteiger partial charge in [-0.3, -0.25) is 4.79 Å². The molecule has 0 bridgehead atoms. The standard InChI is InChI=1S/C14H21NO2/c1-10(2)13-6-4-12(5-7-13)8-9-15-11(3)14(16)17/h4-7,10-11,15H,8-9H2,1-3H3,(H,16,17)/t11-/m1/s1. The summed E-state index contributed by atoms with van der Waals surface area (Å²) in [5.74, 6) is -0.255. The number of benzene rings is 1. The lowest BCUT2D eigenvalue weighted by molar-refractivity contribution is -0.138. The smallest absolute Gasteiger partial charge is 0.320 e. The Labute approximate surface area is 103 Å². The first-order chi connectivity index (χ1) is 8.00. The number of carboxylic acids is 1. The number of rotatable bonds is 6. The Bertz CT molecular complexity index is 357. The SMILES string of the molecule is CC(C)c1ccc(CCN[C@H](C)C(=O)O)cc1. The van der Waals surface area contributed by atoms with Gasteiger partial charge in [0.15, 0.2) is 0 Å². The molecule has 0 aromatic heterocycles. The maximum absolute atomic E-state index is 10.6. The van der Waals surface area contributed by atoms with Gasteiger partial charge in [0.25, 0.3) is 0 Å². The first-order valence-electron chi connectivity index (χ1n) is 6.05. The van der Waals surface area contributed by atoms with Gasteiger partial charge in [0.1, 0.15) is 6.04 Å². The molecule has 0 saturated heterocycles. The fourth-order valence-corrected chi connectivity index (χ4v) is 1.59. The summed E-state index contributed by atoms with van der Waals surface area (Å²) in [5.41, 5.74) is 2.57. The van der Waals surface area contributed by atoms with Crippen LogP contribution in [-0.2, 0) is 11.2 Å². The van der Waals surface area contributed by atoms with E-state index in [2.05, 4.69) is 43.4 Å². The third kappa shape index (κ3) is 4.57. The molecular weight excluding hydrogens is 214 g/mol. The second-order valence-corrected chi connectivity index (χ2v) is 4.66. The van der Waals surface area contributed by atoms with Crippen LogP contribution in [0.2, 0.25) is 0 Å². The van der Waals surface area contributed by atoms with Crippen molar-refractivity contribution in [2.24, 2.45) is 0 Å². The quantitative estimate of drug-likeness (QED) is 0.796. The molecule has 2 N–H and O–H groups in total. The zero-order valence-electron chi connectivity index (χ0n) is 10.7. The van der Waals surface area contributed by atoms with Crippen molar-refractivity contribution in [1.82, 2.24) is 5.32 Å². The van der Waals surface area contributed by atoms with Crippen LogP contribution in [0.15, 0.2) is 24.3 Å². The summed E-state index contributed by atoms with van der Waals surface area (Å²) < 4.78 is 0. The van der Waals surface area contributed by atoms with E-state index in [9.17, 15) is 4.79 Å². The summed E-state index contributed by atoms with van der Waals surface area (Å²) in [4.78, 5) is 10.6. The van der Waals surface area contributed by atoms with E-state index in [1.807, 2.05) is 0 Å². The number of aliphatic carboxylic acids is 1. The summed E-state index contributed by atoms with van der Waals surface area (Å²) in [6.07, 6.45) is 0.857. The molecule has 0 aliphatic rings. The summed E-state index contributed by atoms with van der Waals surface area (Å²) >= 11 is 0. The molecule has 3 heteroatoms. The van der Waals surface area contributed by atoms with Gasteiger partial charge in [-0.2, -0.15) is 0 Å². The van der Waals surface area contributed by atoms with Crippen molar-refractivity contribution in [1.29, 1.82) is 0 Å². The van der Waals surface area contributed by atoms with Gasteiger partial charge in [0, 0.05) is 0 Å². The molecule has 0 unspecified atom stereocenters. The molecule has 94 valence electrons. The third-order valence-corrected chi connectivity index (χ3v) is 2.88. The Morgan fingerprint density at radius 2 is 1.82 bits per heavy atom. The monoisotopic (exact) mass is 235 g/mol. The van der Waals surface area contributed by atoms with Crippen LogP contribution < -0.4 is 5.32 Å². The van der Waals surface area contributed by atoms with Crippen molar-refractivity contribution >= 4 is 5.97 Å². The minimum atomic E-state index is -0.805. The van der Waals surface area contributed by atoms with Crippen molar-refractivity contribution in [3.8, 4) is 0 Å². The van der Waals surface area contributed by atoms with Crippen molar-refractivity contribution in [2.45, 2.75) is 39.2 Å². The molecule has 1 aromatic carbocycles. The van der Waals surface area contributed by atoms with E-state index in [1.165, 1.54) is 11.1 Å². The van der Waals surface area contributed by atoms with E-state index in [1.54, 1.807) is 6.92 Å². The van der Waals surface area contributed by atoms with Gasteiger partial charge in [0.05, 0.1) is 0 Å². The average molecular weight is 235 g/mol. The number of carbonyl (C=O) groups is 1. The molecule has 0 spiro atoms. The maximum Gasteiger partial charge on any atom is 0.320 e. The van der Waals surface area contributed by atoms with Gasteiger partial charge in [-0.1, -0.05) is 38.1 Å². The summed E-state index contributed by atoms with van der Waals surface area (Å²) in [6, 6.07) is 8.02.